The van der Waals surface area contributed by atoms with Crippen molar-refractivity contribution >= 4 is 6.98 Å². The van der Waals surface area contributed by atoms with Crippen molar-refractivity contribution in [2.45, 2.75) is 19.3 Å². The average Bonchev–Trinajstić information content (AvgIpc) is 2.02. The Bertz CT molecular complexity index is 296. The Balaban J connectivity index is 2.74. The summed E-state index contributed by atoms with van der Waals surface area (Å²) in [7, 11) is 0. The highest BCUT2D eigenvalue weighted by Crippen LogP contribution is 2.15. The molecule has 1 atom stereocenters. The first-order valence-electron chi connectivity index (χ1n) is 4.16. The Morgan fingerprint density at radius 2 is 1.86 bits per heavy atom. The Kier molecular flexibility index (Phi) is 3.10. The quantitative estimate of drug-likeness (QED) is 0.757. The van der Waals surface area contributed by atoms with Gasteiger partial charge in [-0.05, 0) is 12.5 Å². The zero-order chi connectivity index (χ0) is 10.8. The fourth-order valence-corrected chi connectivity index (χ4v) is 0.973. The molecule has 7 heteroatoms. The lowest BCUT2D eigenvalue weighted by atomic mass is 9.83. The van der Waals surface area contributed by atoms with Crippen LogP contribution < -0.4 is 5.73 Å². The third-order valence-corrected chi connectivity index (χ3v) is 1.60. The standard InChI is InChI=1S/C7H10BF3N3/c1-5(12)7-13-3-6(4-14-7)2-8(9,10)11/h3-5H,2,12H2,1H3/q-1. The molecule has 0 amide bonds. The average molecular weight is 204 g/mol. The van der Waals surface area contributed by atoms with Gasteiger partial charge in [-0.1, -0.05) is 6.32 Å². The van der Waals surface area contributed by atoms with Crippen LogP contribution in [0, 0.1) is 0 Å². The molecule has 0 fully saturated rings. The largest absolute Gasteiger partial charge is 0.482 e. The zero-order valence-corrected chi connectivity index (χ0v) is 7.62. The molecule has 2 N–H and O–H groups in total. The number of nitrogens with two attached hydrogens (primary N) is 1. The van der Waals surface area contributed by atoms with Crippen molar-refractivity contribution < 1.29 is 12.9 Å². The van der Waals surface area contributed by atoms with Gasteiger partial charge in [0.15, 0.2) is 0 Å². The maximum absolute atomic E-state index is 12.0. The topological polar surface area (TPSA) is 51.8 Å². The van der Waals surface area contributed by atoms with E-state index in [1.54, 1.807) is 6.92 Å². The molecule has 0 radical (unpaired) electrons. The molecule has 78 valence electrons. The van der Waals surface area contributed by atoms with Crippen molar-refractivity contribution in [1.29, 1.82) is 0 Å². The highest BCUT2D eigenvalue weighted by atomic mass is 19.4. The number of rotatable bonds is 3. The van der Waals surface area contributed by atoms with Crippen molar-refractivity contribution in [2.75, 3.05) is 0 Å². The predicted octanol–water partition coefficient (Wildman–Crippen LogP) is 1.43. The van der Waals surface area contributed by atoms with E-state index in [4.69, 9.17) is 5.73 Å². The van der Waals surface area contributed by atoms with Crippen molar-refractivity contribution in [2.24, 2.45) is 5.73 Å². The minimum absolute atomic E-state index is 0.0712. The Morgan fingerprint density at radius 3 is 2.21 bits per heavy atom. The SMILES string of the molecule is CC(N)c1ncc(C[B-](F)(F)F)cn1. The number of hydrogen-bond donors (Lipinski definition) is 1. The molecule has 1 unspecified atom stereocenters. The molecule has 3 nitrogen and oxygen atoms in total. The van der Waals surface area contributed by atoms with E-state index in [2.05, 4.69) is 9.97 Å². The number of nitrogens with zero attached hydrogens (tertiary/aromatic N) is 2. The Labute approximate surface area is 79.6 Å². The number of aromatic nitrogens is 2. The van der Waals surface area contributed by atoms with Crippen LogP contribution >= 0.6 is 0 Å². The van der Waals surface area contributed by atoms with Gasteiger partial charge in [0, 0.05) is 12.4 Å². The molecule has 0 aliphatic heterocycles. The Morgan fingerprint density at radius 1 is 1.36 bits per heavy atom. The van der Waals surface area contributed by atoms with Gasteiger partial charge in [0.05, 0.1) is 6.04 Å². The molecular formula is C7H10BF3N3-. The van der Waals surface area contributed by atoms with Gasteiger partial charge in [-0.3, -0.25) is 0 Å². The van der Waals surface area contributed by atoms with Gasteiger partial charge in [0.25, 0.3) is 0 Å². The molecule has 1 aromatic heterocycles. The maximum Gasteiger partial charge on any atom is 0.482 e. The summed E-state index contributed by atoms with van der Waals surface area (Å²) in [4.78, 5) is 7.47. The van der Waals surface area contributed by atoms with Crippen molar-refractivity contribution in [3.8, 4) is 0 Å². The van der Waals surface area contributed by atoms with Gasteiger partial charge in [0.2, 0.25) is 0 Å². The first-order valence-corrected chi connectivity index (χ1v) is 4.16. The molecule has 0 saturated heterocycles. The summed E-state index contributed by atoms with van der Waals surface area (Å²) in [6.07, 6.45) is 1.39. The molecule has 0 bridgehead atoms. The van der Waals surface area contributed by atoms with E-state index >= 15 is 0 Å². The highest BCUT2D eigenvalue weighted by Gasteiger charge is 2.23. The fraction of sp³-hybridized carbons (Fsp3) is 0.429. The molecule has 0 spiro atoms. The molecule has 1 heterocycles. The second kappa shape index (κ2) is 3.95. The van der Waals surface area contributed by atoms with E-state index in [0.29, 0.717) is 5.82 Å². The lowest BCUT2D eigenvalue weighted by Gasteiger charge is -2.13. The van der Waals surface area contributed by atoms with Crippen LogP contribution in [0.25, 0.3) is 0 Å². The second-order valence-electron chi connectivity index (χ2n) is 3.15. The van der Waals surface area contributed by atoms with Gasteiger partial charge in [-0.2, -0.15) is 0 Å². The van der Waals surface area contributed by atoms with Crippen molar-refractivity contribution in [3.63, 3.8) is 0 Å². The van der Waals surface area contributed by atoms with E-state index in [-0.39, 0.29) is 11.6 Å². The fourth-order valence-electron chi connectivity index (χ4n) is 0.973. The lowest BCUT2D eigenvalue weighted by Crippen LogP contribution is -2.20. The normalized spacial score (nSPS) is 14.1. The molecule has 1 aromatic rings. The van der Waals surface area contributed by atoms with Crippen LogP contribution in [-0.4, -0.2) is 16.9 Å². The van der Waals surface area contributed by atoms with Crippen LogP contribution in [0.1, 0.15) is 24.4 Å². The number of halogens is 3. The van der Waals surface area contributed by atoms with Gasteiger partial charge in [-0.25, -0.2) is 9.97 Å². The molecule has 1 rings (SSSR count). The van der Waals surface area contributed by atoms with E-state index < -0.39 is 13.3 Å². The third kappa shape index (κ3) is 3.33. The molecule has 0 aliphatic carbocycles. The third-order valence-electron chi connectivity index (χ3n) is 1.60. The first kappa shape index (κ1) is 11.0. The van der Waals surface area contributed by atoms with Crippen LogP contribution in [-0.2, 0) is 6.32 Å². The zero-order valence-electron chi connectivity index (χ0n) is 7.62. The molecule has 0 aliphatic rings. The molecular weight excluding hydrogens is 194 g/mol. The summed E-state index contributed by atoms with van der Waals surface area (Å²) in [5, 5.41) is 0. The highest BCUT2D eigenvalue weighted by molar-refractivity contribution is 6.57. The van der Waals surface area contributed by atoms with Crippen LogP contribution in [0.3, 0.4) is 0 Å². The summed E-state index contributed by atoms with van der Waals surface area (Å²) in [5.41, 5.74) is 5.52. The lowest BCUT2D eigenvalue weighted by molar-refractivity contribution is 0.468. The molecule has 14 heavy (non-hydrogen) atoms. The maximum atomic E-state index is 12.0. The summed E-state index contributed by atoms with van der Waals surface area (Å²) >= 11 is 0. The predicted molar refractivity (Wildman–Crippen MR) is 47.4 cm³/mol. The first-order chi connectivity index (χ1) is 6.38. The van der Waals surface area contributed by atoms with Gasteiger partial charge >= 0.3 is 6.98 Å². The van der Waals surface area contributed by atoms with Gasteiger partial charge in [-0.15, -0.1) is 0 Å². The van der Waals surface area contributed by atoms with E-state index in [1.165, 1.54) is 12.4 Å². The monoisotopic (exact) mass is 204 g/mol. The van der Waals surface area contributed by atoms with Crippen molar-refractivity contribution in [1.82, 2.24) is 9.97 Å². The second-order valence-corrected chi connectivity index (χ2v) is 3.15. The Hall–Kier alpha value is -1.11. The molecule has 0 aromatic carbocycles. The van der Waals surface area contributed by atoms with Gasteiger partial charge in [0.1, 0.15) is 5.82 Å². The van der Waals surface area contributed by atoms with Crippen LogP contribution in [0.2, 0.25) is 0 Å². The molecule has 0 saturated carbocycles. The van der Waals surface area contributed by atoms with E-state index in [0.717, 1.165) is 0 Å². The minimum Gasteiger partial charge on any atom is -0.449 e. The van der Waals surface area contributed by atoms with Crippen molar-refractivity contribution in [3.05, 3.63) is 23.8 Å². The van der Waals surface area contributed by atoms with E-state index in [9.17, 15) is 12.9 Å². The summed E-state index contributed by atoms with van der Waals surface area (Å²) in [5.74, 6) is 0.350. The summed E-state index contributed by atoms with van der Waals surface area (Å²) < 4.78 is 35.9. The number of hydrogen-bond acceptors (Lipinski definition) is 3. The van der Waals surface area contributed by atoms with Gasteiger partial charge < -0.3 is 18.7 Å². The smallest absolute Gasteiger partial charge is 0.449 e. The van der Waals surface area contributed by atoms with E-state index in [1.807, 2.05) is 0 Å². The summed E-state index contributed by atoms with van der Waals surface area (Å²) in [6.45, 7) is -3.15. The minimum atomic E-state index is -4.82. The summed E-state index contributed by atoms with van der Waals surface area (Å²) in [6, 6.07) is -0.361. The van der Waals surface area contributed by atoms with Crippen LogP contribution in [0.15, 0.2) is 12.4 Å². The van der Waals surface area contributed by atoms with Crippen LogP contribution in [0.4, 0.5) is 12.9 Å². The van der Waals surface area contributed by atoms with Crippen LogP contribution in [0.5, 0.6) is 0 Å².